The molecule has 134 valence electrons. The van der Waals surface area contributed by atoms with Crippen LogP contribution in [0.25, 0.3) is 0 Å². The SMILES string of the molecule is CCn1nc2n(c1=O)CCN(C(=O)c1cc(C)on1)C2c1ccccc1. The molecule has 0 radical (unpaired) electrons. The zero-order chi connectivity index (χ0) is 18.3. The minimum Gasteiger partial charge on any atom is -0.361 e. The number of fused-ring (bicyclic) bond motifs is 1. The highest BCUT2D eigenvalue weighted by Crippen LogP contribution is 2.31. The molecule has 1 amide bonds. The number of nitrogens with zero attached hydrogens (tertiary/aromatic N) is 5. The molecule has 0 saturated carbocycles. The molecule has 0 spiro atoms. The van der Waals surface area contributed by atoms with Crippen LogP contribution in [0.5, 0.6) is 0 Å². The van der Waals surface area contributed by atoms with E-state index in [-0.39, 0.29) is 17.3 Å². The van der Waals surface area contributed by atoms with E-state index in [2.05, 4.69) is 10.3 Å². The van der Waals surface area contributed by atoms with Gasteiger partial charge in [0.25, 0.3) is 5.91 Å². The lowest BCUT2D eigenvalue weighted by Gasteiger charge is -2.34. The second-order valence-corrected chi connectivity index (χ2v) is 6.24. The number of carbonyl (C=O) groups is 1. The number of rotatable bonds is 3. The lowest BCUT2D eigenvalue weighted by Crippen LogP contribution is -2.44. The maximum atomic E-state index is 13.0. The Kier molecular flexibility index (Phi) is 3.95. The maximum absolute atomic E-state index is 13.0. The minimum absolute atomic E-state index is 0.146. The van der Waals surface area contributed by atoms with E-state index in [0.29, 0.717) is 31.2 Å². The Morgan fingerprint density at radius 1 is 1.27 bits per heavy atom. The molecule has 8 heteroatoms. The molecular weight excluding hydrogens is 334 g/mol. The fraction of sp³-hybridized carbons (Fsp3) is 0.333. The summed E-state index contributed by atoms with van der Waals surface area (Å²) >= 11 is 0. The van der Waals surface area contributed by atoms with Gasteiger partial charge in [0, 0.05) is 25.7 Å². The minimum atomic E-state index is -0.449. The summed E-state index contributed by atoms with van der Waals surface area (Å²) in [6, 6.07) is 10.8. The third kappa shape index (κ3) is 2.54. The van der Waals surface area contributed by atoms with Crippen molar-refractivity contribution >= 4 is 5.91 Å². The number of benzene rings is 1. The molecule has 0 aliphatic carbocycles. The number of aromatic nitrogens is 4. The molecule has 8 nitrogen and oxygen atoms in total. The zero-order valence-corrected chi connectivity index (χ0v) is 14.6. The molecule has 1 unspecified atom stereocenters. The summed E-state index contributed by atoms with van der Waals surface area (Å²) in [5.41, 5.74) is 1.01. The predicted molar refractivity (Wildman–Crippen MR) is 92.7 cm³/mol. The summed E-state index contributed by atoms with van der Waals surface area (Å²) in [6.45, 7) is 4.90. The Morgan fingerprint density at radius 2 is 2.04 bits per heavy atom. The van der Waals surface area contributed by atoms with Gasteiger partial charge in [-0.1, -0.05) is 35.5 Å². The van der Waals surface area contributed by atoms with Gasteiger partial charge < -0.3 is 9.42 Å². The average molecular weight is 353 g/mol. The monoisotopic (exact) mass is 353 g/mol. The third-order valence-corrected chi connectivity index (χ3v) is 4.59. The standard InChI is InChI=1S/C18H19N5O3/c1-3-23-18(25)22-10-9-21(17(24)14-11-12(2)26-20-14)15(16(22)19-23)13-7-5-4-6-8-13/h4-8,11,15H,3,9-10H2,1-2H3. The fourth-order valence-corrected chi connectivity index (χ4v) is 3.35. The molecule has 1 aromatic carbocycles. The molecule has 0 bridgehead atoms. The van der Waals surface area contributed by atoms with Crippen LogP contribution in [0.15, 0.2) is 45.7 Å². The number of hydrogen-bond donors (Lipinski definition) is 0. The van der Waals surface area contributed by atoms with Crippen molar-refractivity contribution in [3.05, 3.63) is 69.7 Å². The van der Waals surface area contributed by atoms with Gasteiger partial charge >= 0.3 is 5.69 Å². The summed E-state index contributed by atoms with van der Waals surface area (Å²) in [6.07, 6.45) is 0. The average Bonchev–Trinajstić information content (AvgIpc) is 3.24. The van der Waals surface area contributed by atoms with E-state index >= 15 is 0 Å². The van der Waals surface area contributed by atoms with Gasteiger partial charge in [-0.25, -0.2) is 9.48 Å². The van der Waals surface area contributed by atoms with Gasteiger partial charge in [0.05, 0.1) is 0 Å². The van der Waals surface area contributed by atoms with Crippen molar-refractivity contribution in [1.29, 1.82) is 0 Å². The smallest absolute Gasteiger partial charge is 0.346 e. The molecular formula is C18H19N5O3. The molecule has 4 rings (SSSR count). The maximum Gasteiger partial charge on any atom is 0.346 e. The summed E-state index contributed by atoms with van der Waals surface area (Å²) in [5.74, 6) is 0.914. The van der Waals surface area contributed by atoms with Gasteiger partial charge in [0.1, 0.15) is 11.8 Å². The number of aryl methyl sites for hydroxylation is 2. The first-order valence-corrected chi connectivity index (χ1v) is 8.57. The second kappa shape index (κ2) is 6.29. The Hall–Kier alpha value is -3.16. The second-order valence-electron chi connectivity index (χ2n) is 6.24. The largest absolute Gasteiger partial charge is 0.361 e. The first-order valence-electron chi connectivity index (χ1n) is 8.57. The normalized spacial score (nSPS) is 16.5. The van der Waals surface area contributed by atoms with Crippen molar-refractivity contribution in [2.45, 2.75) is 33.0 Å². The summed E-state index contributed by atoms with van der Waals surface area (Å²) in [5, 5.41) is 8.34. The highest BCUT2D eigenvalue weighted by atomic mass is 16.5. The highest BCUT2D eigenvalue weighted by Gasteiger charge is 2.37. The van der Waals surface area contributed by atoms with E-state index in [1.807, 2.05) is 37.3 Å². The van der Waals surface area contributed by atoms with Crippen LogP contribution < -0.4 is 5.69 Å². The molecule has 26 heavy (non-hydrogen) atoms. The van der Waals surface area contributed by atoms with E-state index in [1.165, 1.54) is 4.68 Å². The third-order valence-electron chi connectivity index (χ3n) is 4.59. The van der Waals surface area contributed by atoms with Crippen LogP contribution in [0, 0.1) is 6.92 Å². The van der Waals surface area contributed by atoms with Crippen molar-refractivity contribution in [3.63, 3.8) is 0 Å². The van der Waals surface area contributed by atoms with Gasteiger partial charge in [-0.2, -0.15) is 5.10 Å². The first kappa shape index (κ1) is 16.3. The fourth-order valence-electron chi connectivity index (χ4n) is 3.35. The number of carbonyl (C=O) groups excluding carboxylic acids is 1. The molecule has 1 atom stereocenters. The van der Waals surface area contributed by atoms with E-state index in [4.69, 9.17) is 4.52 Å². The Morgan fingerprint density at radius 3 is 2.69 bits per heavy atom. The molecule has 0 fully saturated rings. The molecule has 1 aliphatic heterocycles. The first-order chi connectivity index (χ1) is 12.6. The van der Waals surface area contributed by atoms with E-state index < -0.39 is 6.04 Å². The van der Waals surface area contributed by atoms with Crippen molar-refractivity contribution in [1.82, 2.24) is 24.4 Å². The van der Waals surface area contributed by atoms with Gasteiger partial charge in [0.2, 0.25) is 0 Å². The quantitative estimate of drug-likeness (QED) is 0.714. The topological polar surface area (TPSA) is 86.2 Å². The van der Waals surface area contributed by atoms with Crippen molar-refractivity contribution in [2.75, 3.05) is 6.54 Å². The summed E-state index contributed by atoms with van der Waals surface area (Å²) in [4.78, 5) is 27.3. The number of hydrogen-bond acceptors (Lipinski definition) is 5. The van der Waals surface area contributed by atoms with Crippen LogP contribution in [-0.2, 0) is 13.1 Å². The lowest BCUT2D eigenvalue weighted by molar-refractivity contribution is 0.0646. The van der Waals surface area contributed by atoms with E-state index in [1.54, 1.807) is 22.5 Å². The summed E-state index contributed by atoms with van der Waals surface area (Å²) < 4.78 is 8.14. The van der Waals surface area contributed by atoms with Crippen LogP contribution in [0.1, 0.15) is 40.6 Å². The zero-order valence-electron chi connectivity index (χ0n) is 14.6. The predicted octanol–water partition coefficient (Wildman–Crippen LogP) is 1.61. The van der Waals surface area contributed by atoms with Crippen LogP contribution in [0.4, 0.5) is 0 Å². The highest BCUT2D eigenvalue weighted by molar-refractivity contribution is 5.92. The van der Waals surface area contributed by atoms with Crippen LogP contribution >= 0.6 is 0 Å². The van der Waals surface area contributed by atoms with E-state index in [9.17, 15) is 9.59 Å². The van der Waals surface area contributed by atoms with Gasteiger partial charge in [-0.3, -0.25) is 9.36 Å². The molecule has 3 aromatic rings. The van der Waals surface area contributed by atoms with Gasteiger partial charge in [0.15, 0.2) is 11.5 Å². The molecule has 1 aliphatic rings. The van der Waals surface area contributed by atoms with Gasteiger partial charge in [-0.15, -0.1) is 0 Å². The molecule has 3 heterocycles. The Labute approximate surface area is 149 Å². The lowest BCUT2D eigenvalue weighted by atomic mass is 10.0. The van der Waals surface area contributed by atoms with E-state index in [0.717, 1.165) is 5.56 Å². The Bertz CT molecular complexity index is 1000. The van der Waals surface area contributed by atoms with Crippen molar-refractivity contribution in [2.24, 2.45) is 0 Å². The van der Waals surface area contributed by atoms with Gasteiger partial charge in [-0.05, 0) is 19.4 Å². The van der Waals surface area contributed by atoms with Crippen molar-refractivity contribution < 1.29 is 9.32 Å². The molecule has 0 N–H and O–H groups in total. The molecule has 0 saturated heterocycles. The van der Waals surface area contributed by atoms with Crippen molar-refractivity contribution in [3.8, 4) is 0 Å². The van der Waals surface area contributed by atoms with Crippen LogP contribution in [-0.4, -0.2) is 36.9 Å². The van der Waals surface area contributed by atoms with Crippen LogP contribution in [0.2, 0.25) is 0 Å². The summed E-state index contributed by atoms with van der Waals surface area (Å²) in [7, 11) is 0. The Balaban J connectivity index is 1.84. The van der Waals surface area contributed by atoms with Crippen LogP contribution in [0.3, 0.4) is 0 Å². The number of amides is 1. The molecule has 2 aromatic heterocycles.